The SMILES string of the molecule is O=[N+]([O-])c1cccc(CO/N=C\c2cccc(F)c2)c1. The molecule has 0 atom stereocenters. The fraction of sp³-hybridized carbons (Fsp3) is 0.0714. The second kappa shape index (κ2) is 6.42. The largest absolute Gasteiger partial charge is 0.391 e. The summed E-state index contributed by atoms with van der Waals surface area (Å²) in [6.45, 7) is 0.105. The Morgan fingerprint density at radius 1 is 1.25 bits per heavy atom. The first-order valence-corrected chi connectivity index (χ1v) is 5.79. The molecule has 0 bridgehead atoms. The number of hydrogen-bond donors (Lipinski definition) is 0. The van der Waals surface area contributed by atoms with E-state index in [4.69, 9.17) is 4.84 Å². The predicted molar refractivity (Wildman–Crippen MR) is 71.9 cm³/mol. The van der Waals surface area contributed by atoms with Crippen molar-refractivity contribution in [2.45, 2.75) is 6.61 Å². The molecule has 0 aromatic heterocycles. The molecule has 0 aliphatic heterocycles. The predicted octanol–water partition coefficient (Wildman–Crippen LogP) is 3.28. The van der Waals surface area contributed by atoms with Crippen molar-refractivity contribution < 1.29 is 14.2 Å². The highest BCUT2D eigenvalue weighted by Gasteiger charge is 2.05. The molecule has 2 aromatic rings. The first-order chi connectivity index (χ1) is 9.65. The minimum absolute atomic E-state index is 0.000194. The van der Waals surface area contributed by atoms with Crippen LogP contribution in [0.5, 0.6) is 0 Å². The van der Waals surface area contributed by atoms with Gasteiger partial charge in [0.2, 0.25) is 0 Å². The van der Waals surface area contributed by atoms with Crippen molar-refractivity contribution in [3.05, 3.63) is 75.6 Å². The number of nitrogens with zero attached hydrogens (tertiary/aromatic N) is 2. The van der Waals surface area contributed by atoms with Crippen molar-refractivity contribution in [2.75, 3.05) is 0 Å². The van der Waals surface area contributed by atoms with Gasteiger partial charge in [0.1, 0.15) is 12.4 Å². The molecular weight excluding hydrogens is 263 g/mol. The summed E-state index contributed by atoms with van der Waals surface area (Å²) in [4.78, 5) is 15.1. The van der Waals surface area contributed by atoms with Gasteiger partial charge in [0, 0.05) is 12.1 Å². The van der Waals surface area contributed by atoms with Crippen LogP contribution in [0.15, 0.2) is 53.7 Å². The number of rotatable bonds is 5. The zero-order valence-corrected chi connectivity index (χ0v) is 10.4. The fourth-order valence-electron chi connectivity index (χ4n) is 1.56. The van der Waals surface area contributed by atoms with Crippen LogP contribution in [0, 0.1) is 15.9 Å². The molecule has 2 rings (SSSR count). The Kier molecular flexibility index (Phi) is 4.39. The molecule has 5 nitrogen and oxygen atoms in total. The summed E-state index contributed by atoms with van der Waals surface area (Å²) >= 11 is 0. The smallest absolute Gasteiger partial charge is 0.269 e. The quantitative estimate of drug-likeness (QED) is 0.477. The molecule has 0 aliphatic rings. The lowest BCUT2D eigenvalue weighted by atomic mass is 10.2. The van der Waals surface area contributed by atoms with Gasteiger partial charge in [-0.2, -0.15) is 0 Å². The van der Waals surface area contributed by atoms with E-state index in [1.165, 1.54) is 30.5 Å². The third kappa shape index (κ3) is 3.88. The summed E-state index contributed by atoms with van der Waals surface area (Å²) in [5.41, 5.74) is 1.21. The molecule has 0 heterocycles. The molecule has 0 N–H and O–H groups in total. The molecule has 0 spiro atoms. The summed E-state index contributed by atoms with van der Waals surface area (Å²) in [6.07, 6.45) is 1.38. The van der Waals surface area contributed by atoms with E-state index in [0.717, 1.165) is 0 Å². The monoisotopic (exact) mass is 274 g/mol. The third-order valence-electron chi connectivity index (χ3n) is 2.48. The molecule has 0 saturated carbocycles. The lowest BCUT2D eigenvalue weighted by molar-refractivity contribution is -0.384. The highest BCUT2D eigenvalue weighted by Crippen LogP contribution is 2.13. The summed E-state index contributed by atoms with van der Waals surface area (Å²) in [5.74, 6) is -0.354. The molecule has 0 amide bonds. The van der Waals surface area contributed by atoms with Crippen molar-refractivity contribution in [1.82, 2.24) is 0 Å². The van der Waals surface area contributed by atoms with Crippen LogP contribution in [-0.4, -0.2) is 11.1 Å². The van der Waals surface area contributed by atoms with Gasteiger partial charge in [-0.15, -0.1) is 0 Å². The average molecular weight is 274 g/mol. The zero-order chi connectivity index (χ0) is 14.4. The van der Waals surface area contributed by atoms with Gasteiger partial charge in [-0.1, -0.05) is 29.4 Å². The van der Waals surface area contributed by atoms with Crippen LogP contribution < -0.4 is 0 Å². The molecule has 102 valence electrons. The van der Waals surface area contributed by atoms with Crippen LogP contribution >= 0.6 is 0 Å². The fourth-order valence-corrected chi connectivity index (χ4v) is 1.56. The van der Waals surface area contributed by atoms with Gasteiger partial charge in [-0.3, -0.25) is 10.1 Å². The standard InChI is InChI=1S/C14H11FN2O3/c15-13-5-1-3-11(7-13)9-16-20-10-12-4-2-6-14(8-12)17(18)19/h1-9H,10H2/b16-9-. The summed E-state index contributed by atoms with van der Waals surface area (Å²) in [6, 6.07) is 12.0. The van der Waals surface area contributed by atoms with Gasteiger partial charge in [-0.25, -0.2) is 4.39 Å². The number of halogens is 1. The lowest BCUT2D eigenvalue weighted by Crippen LogP contribution is -1.92. The minimum atomic E-state index is -0.473. The first kappa shape index (κ1) is 13.7. The Labute approximate surface area is 114 Å². The minimum Gasteiger partial charge on any atom is -0.391 e. The second-order valence-electron chi connectivity index (χ2n) is 3.99. The van der Waals surface area contributed by atoms with Crippen molar-refractivity contribution in [3.8, 4) is 0 Å². The number of oxime groups is 1. The molecule has 20 heavy (non-hydrogen) atoms. The molecule has 6 heteroatoms. The Morgan fingerprint density at radius 3 is 2.80 bits per heavy atom. The van der Waals surface area contributed by atoms with Crippen LogP contribution in [0.25, 0.3) is 0 Å². The third-order valence-corrected chi connectivity index (χ3v) is 2.48. The normalized spacial score (nSPS) is 10.7. The van der Waals surface area contributed by atoms with Gasteiger partial charge in [-0.05, 0) is 23.3 Å². The lowest BCUT2D eigenvalue weighted by Gasteiger charge is -1.99. The Morgan fingerprint density at radius 2 is 2.05 bits per heavy atom. The van der Waals surface area contributed by atoms with E-state index in [0.29, 0.717) is 11.1 Å². The average Bonchev–Trinajstić information content (AvgIpc) is 2.44. The van der Waals surface area contributed by atoms with Crippen molar-refractivity contribution >= 4 is 11.9 Å². The Balaban J connectivity index is 1.93. The molecular formula is C14H11FN2O3. The number of benzene rings is 2. The van der Waals surface area contributed by atoms with E-state index in [2.05, 4.69) is 5.16 Å². The maximum atomic E-state index is 12.9. The van der Waals surface area contributed by atoms with Crippen molar-refractivity contribution in [1.29, 1.82) is 0 Å². The maximum Gasteiger partial charge on any atom is 0.269 e. The molecule has 0 aliphatic carbocycles. The van der Waals surface area contributed by atoms with Gasteiger partial charge in [0.05, 0.1) is 11.1 Å². The molecule has 0 saturated heterocycles. The van der Waals surface area contributed by atoms with Crippen LogP contribution in [0.4, 0.5) is 10.1 Å². The topological polar surface area (TPSA) is 64.7 Å². The Bertz CT molecular complexity index is 644. The highest BCUT2D eigenvalue weighted by molar-refractivity contribution is 5.78. The van der Waals surface area contributed by atoms with Gasteiger partial charge < -0.3 is 4.84 Å². The van der Waals surface area contributed by atoms with Gasteiger partial charge in [0.15, 0.2) is 0 Å². The molecule has 0 fully saturated rings. The molecule has 0 radical (unpaired) electrons. The van der Waals surface area contributed by atoms with Crippen LogP contribution in [0.2, 0.25) is 0 Å². The second-order valence-corrected chi connectivity index (χ2v) is 3.99. The van der Waals surface area contributed by atoms with E-state index >= 15 is 0 Å². The Hall–Kier alpha value is -2.76. The van der Waals surface area contributed by atoms with E-state index < -0.39 is 4.92 Å². The van der Waals surface area contributed by atoms with Gasteiger partial charge >= 0.3 is 0 Å². The summed E-state index contributed by atoms with van der Waals surface area (Å²) in [5, 5.41) is 14.3. The number of nitro groups is 1. The molecule has 2 aromatic carbocycles. The van der Waals surface area contributed by atoms with E-state index in [-0.39, 0.29) is 18.1 Å². The first-order valence-electron chi connectivity index (χ1n) is 5.79. The highest BCUT2D eigenvalue weighted by atomic mass is 19.1. The molecule has 0 unspecified atom stereocenters. The van der Waals surface area contributed by atoms with Crippen molar-refractivity contribution in [3.63, 3.8) is 0 Å². The number of nitro benzene ring substituents is 1. The van der Waals surface area contributed by atoms with Crippen LogP contribution in [0.3, 0.4) is 0 Å². The zero-order valence-electron chi connectivity index (χ0n) is 10.4. The van der Waals surface area contributed by atoms with E-state index in [9.17, 15) is 14.5 Å². The summed E-state index contributed by atoms with van der Waals surface area (Å²) in [7, 11) is 0. The summed E-state index contributed by atoms with van der Waals surface area (Å²) < 4.78 is 12.9. The van der Waals surface area contributed by atoms with Crippen LogP contribution in [-0.2, 0) is 11.4 Å². The van der Waals surface area contributed by atoms with Crippen molar-refractivity contribution in [2.24, 2.45) is 5.16 Å². The number of hydrogen-bond acceptors (Lipinski definition) is 4. The number of non-ortho nitro benzene ring substituents is 1. The van der Waals surface area contributed by atoms with E-state index in [1.54, 1.807) is 24.3 Å². The maximum absolute atomic E-state index is 12.9. The van der Waals surface area contributed by atoms with E-state index in [1.807, 2.05) is 0 Å². The van der Waals surface area contributed by atoms with Gasteiger partial charge in [0.25, 0.3) is 5.69 Å². The van der Waals surface area contributed by atoms with Crippen LogP contribution in [0.1, 0.15) is 11.1 Å².